The van der Waals surface area contributed by atoms with E-state index in [1.165, 1.54) is 5.56 Å². The third kappa shape index (κ3) is 2.92. The van der Waals surface area contributed by atoms with Crippen molar-refractivity contribution >= 4 is 6.08 Å². The molecule has 0 radical (unpaired) electrons. The molecule has 2 rings (SSSR count). The Hall–Kier alpha value is -1.64. The molecule has 0 aromatic heterocycles. The molecule has 0 saturated carbocycles. The minimum absolute atomic E-state index is 0.690. The average Bonchev–Trinajstić information content (AvgIpc) is 2.27. The number of rotatable bonds is 2. The van der Waals surface area contributed by atoms with Gasteiger partial charge in [0.25, 0.3) is 0 Å². The maximum Gasteiger partial charge on any atom is 0.0872 e. The topological polar surface area (TPSA) is 52.0 Å². The molecular formula is C14H16N2. The van der Waals surface area contributed by atoms with Crippen LogP contribution in [0.4, 0.5) is 0 Å². The monoisotopic (exact) mass is 212 g/mol. The third-order valence-corrected chi connectivity index (χ3v) is 2.48. The zero-order chi connectivity index (χ0) is 11.4. The van der Waals surface area contributed by atoms with Gasteiger partial charge in [0.15, 0.2) is 0 Å². The maximum atomic E-state index is 5.85. The lowest BCUT2D eigenvalue weighted by molar-refractivity contribution is 0.555. The van der Waals surface area contributed by atoms with Crippen LogP contribution in [0.25, 0.3) is 6.08 Å². The molecule has 0 atom stereocenters. The summed E-state index contributed by atoms with van der Waals surface area (Å²) in [5, 5.41) is 0. The van der Waals surface area contributed by atoms with Crippen molar-refractivity contribution < 1.29 is 0 Å². The van der Waals surface area contributed by atoms with Crippen molar-refractivity contribution in [2.45, 2.75) is 12.1 Å². The molecule has 1 aliphatic rings. The van der Waals surface area contributed by atoms with Crippen LogP contribution in [0.1, 0.15) is 12.0 Å². The molecule has 4 N–H and O–H groups in total. The van der Waals surface area contributed by atoms with Gasteiger partial charge in [-0.3, -0.25) is 0 Å². The van der Waals surface area contributed by atoms with Crippen LogP contribution in [-0.2, 0) is 0 Å². The van der Waals surface area contributed by atoms with Gasteiger partial charge in [-0.15, -0.1) is 0 Å². The van der Waals surface area contributed by atoms with E-state index in [4.69, 9.17) is 11.5 Å². The summed E-state index contributed by atoms with van der Waals surface area (Å²) in [5.74, 6) is 0. The standard InChI is InChI=1S/C14H16N2/c15-14(16)10-4-7-13(11-14)9-8-12-5-2-1-3-6-12/h1-9,11H,10,15-16H2. The van der Waals surface area contributed by atoms with Crippen LogP contribution in [0.5, 0.6) is 0 Å². The molecule has 2 heteroatoms. The Morgan fingerprint density at radius 2 is 1.81 bits per heavy atom. The fourth-order valence-electron chi connectivity index (χ4n) is 1.68. The van der Waals surface area contributed by atoms with E-state index >= 15 is 0 Å². The SMILES string of the molecule is NC1(N)C=C(C=Cc2ccccc2)C=CC1. The minimum Gasteiger partial charge on any atom is -0.310 e. The highest BCUT2D eigenvalue weighted by Crippen LogP contribution is 2.16. The summed E-state index contributed by atoms with van der Waals surface area (Å²) in [6.45, 7) is 0. The predicted octanol–water partition coefficient (Wildman–Crippen LogP) is 2.20. The molecule has 0 unspecified atom stereocenters. The Bertz CT molecular complexity index is 439. The molecule has 1 aromatic carbocycles. The summed E-state index contributed by atoms with van der Waals surface area (Å²) in [4.78, 5) is 0. The lowest BCUT2D eigenvalue weighted by Crippen LogP contribution is -2.47. The Morgan fingerprint density at radius 1 is 1.06 bits per heavy atom. The maximum absolute atomic E-state index is 5.85. The first-order chi connectivity index (χ1) is 7.66. The molecule has 0 amide bonds. The van der Waals surface area contributed by atoms with E-state index in [0.29, 0.717) is 6.42 Å². The molecular weight excluding hydrogens is 196 g/mol. The summed E-state index contributed by atoms with van der Waals surface area (Å²) >= 11 is 0. The second kappa shape index (κ2) is 4.47. The van der Waals surface area contributed by atoms with Gasteiger partial charge in [-0.1, -0.05) is 54.6 Å². The zero-order valence-corrected chi connectivity index (χ0v) is 9.14. The second-order valence-corrected chi connectivity index (χ2v) is 4.11. The van der Waals surface area contributed by atoms with Crippen molar-refractivity contribution in [2.75, 3.05) is 0 Å². The van der Waals surface area contributed by atoms with E-state index in [2.05, 4.69) is 18.2 Å². The number of benzene rings is 1. The second-order valence-electron chi connectivity index (χ2n) is 4.11. The van der Waals surface area contributed by atoms with Crippen LogP contribution in [0, 0.1) is 0 Å². The van der Waals surface area contributed by atoms with E-state index in [-0.39, 0.29) is 0 Å². The lowest BCUT2D eigenvalue weighted by Gasteiger charge is -2.22. The average molecular weight is 212 g/mol. The number of hydrogen-bond donors (Lipinski definition) is 2. The highest BCUT2D eigenvalue weighted by molar-refractivity contribution is 5.55. The van der Waals surface area contributed by atoms with Crippen molar-refractivity contribution in [3.8, 4) is 0 Å². The number of allylic oxidation sites excluding steroid dienone is 3. The van der Waals surface area contributed by atoms with Crippen LogP contribution < -0.4 is 11.5 Å². The predicted molar refractivity (Wildman–Crippen MR) is 68.4 cm³/mol. The first-order valence-corrected chi connectivity index (χ1v) is 5.36. The summed E-state index contributed by atoms with van der Waals surface area (Å²) in [7, 11) is 0. The van der Waals surface area contributed by atoms with E-state index in [9.17, 15) is 0 Å². The fraction of sp³-hybridized carbons (Fsp3) is 0.143. The van der Waals surface area contributed by atoms with Crippen LogP contribution >= 0.6 is 0 Å². The first-order valence-electron chi connectivity index (χ1n) is 5.36. The van der Waals surface area contributed by atoms with E-state index in [0.717, 1.165) is 5.57 Å². The van der Waals surface area contributed by atoms with Crippen molar-refractivity contribution in [1.82, 2.24) is 0 Å². The van der Waals surface area contributed by atoms with Gasteiger partial charge >= 0.3 is 0 Å². The van der Waals surface area contributed by atoms with Gasteiger partial charge in [0.2, 0.25) is 0 Å². The van der Waals surface area contributed by atoms with Gasteiger partial charge in [0.1, 0.15) is 0 Å². The van der Waals surface area contributed by atoms with Crippen molar-refractivity contribution in [3.63, 3.8) is 0 Å². The van der Waals surface area contributed by atoms with E-state index < -0.39 is 5.66 Å². The van der Waals surface area contributed by atoms with Crippen molar-refractivity contribution in [2.24, 2.45) is 11.5 Å². The number of nitrogens with two attached hydrogens (primary N) is 2. The Morgan fingerprint density at radius 3 is 2.50 bits per heavy atom. The Kier molecular flexibility index (Phi) is 3.04. The summed E-state index contributed by atoms with van der Waals surface area (Å²) < 4.78 is 0. The number of hydrogen-bond acceptors (Lipinski definition) is 2. The fourth-order valence-corrected chi connectivity index (χ4v) is 1.68. The highest BCUT2D eigenvalue weighted by atomic mass is 14.9. The van der Waals surface area contributed by atoms with E-state index in [1.54, 1.807) is 0 Å². The van der Waals surface area contributed by atoms with Crippen molar-refractivity contribution in [3.05, 3.63) is 65.8 Å². The van der Waals surface area contributed by atoms with Gasteiger partial charge in [-0.2, -0.15) is 0 Å². The van der Waals surface area contributed by atoms with Gasteiger partial charge in [-0.25, -0.2) is 0 Å². The molecule has 2 nitrogen and oxygen atoms in total. The zero-order valence-electron chi connectivity index (χ0n) is 9.14. The molecule has 0 spiro atoms. The molecule has 1 aliphatic carbocycles. The molecule has 82 valence electrons. The molecule has 0 aliphatic heterocycles. The summed E-state index contributed by atoms with van der Waals surface area (Å²) in [5.41, 5.74) is 13.2. The normalized spacial score (nSPS) is 18.8. The Balaban J connectivity index is 2.14. The van der Waals surface area contributed by atoms with Crippen molar-refractivity contribution in [1.29, 1.82) is 0 Å². The molecule has 0 heterocycles. The summed E-state index contributed by atoms with van der Waals surface area (Å²) in [6.07, 6.45) is 10.7. The van der Waals surface area contributed by atoms with Crippen LogP contribution in [0.2, 0.25) is 0 Å². The van der Waals surface area contributed by atoms with Gasteiger partial charge < -0.3 is 11.5 Å². The van der Waals surface area contributed by atoms with E-state index in [1.807, 2.05) is 42.5 Å². The third-order valence-electron chi connectivity index (χ3n) is 2.48. The molecule has 0 bridgehead atoms. The van der Waals surface area contributed by atoms with Crippen LogP contribution in [-0.4, -0.2) is 5.66 Å². The lowest BCUT2D eigenvalue weighted by atomic mass is 9.97. The van der Waals surface area contributed by atoms with Gasteiger partial charge in [0, 0.05) is 6.42 Å². The Labute approximate surface area is 96.0 Å². The van der Waals surface area contributed by atoms with Crippen LogP contribution in [0.15, 0.2) is 60.2 Å². The summed E-state index contributed by atoms with van der Waals surface area (Å²) in [6, 6.07) is 10.1. The molecule has 0 fully saturated rings. The smallest absolute Gasteiger partial charge is 0.0872 e. The quantitative estimate of drug-likeness (QED) is 0.738. The minimum atomic E-state index is -0.703. The van der Waals surface area contributed by atoms with Gasteiger partial charge in [0.05, 0.1) is 5.66 Å². The molecule has 16 heavy (non-hydrogen) atoms. The largest absolute Gasteiger partial charge is 0.310 e. The molecule has 1 aromatic rings. The first kappa shape index (κ1) is 10.9. The van der Waals surface area contributed by atoms with Gasteiger partial charge in [-0.05, 0) is 17.2 Å². The highest BCUT2D eigenvalue weighted by Gasteiger charge is 2.16. The van der Waals surface area contributed by atoms with Crippen LogP contribution in [0.3, 0.4) is 0 Å². The molecule has 0 saturated heterocycles.